The predicted octanol–water partition coefficient (Wildman–Crippen LogP) is 1.83. The van der Waals surface area contributed by atoms with Crippen molar-refractivity contribution in [2.75, 3.05) is 13.7 Å². The van der Waals surface area contributed by atoms with E-state index in [1.54, 1.807) is 0 Å². The molecule has 0 aliphatic rings. The second kappa shape index (κ2) is 5.52. The van der Waals surface area contributed by atoms with Gasteiger partial charge < -0.3 is 14.2 Å². The number of alkyl halides is 2. The fraction of sp³-hybridized carbons (Fsp3) is 0.333. The summed E-state index contributed by atoms with van der Waals surface area (Å²) in [4.78, 5) is 0. The Balaban J connectivity index is 3.49. The van der Waals surface area contributed by atoms with Crippen LogP contribution in [0.5, 0.6) is 0 Å². The van der Waals surface area contributed by atoms with Gasteiger partial charge in [-0.3, -0.25) is 0 Å². The highest BCUT2D eigenvalue weighted by Gasteiger charge is 1.99. The van der Waals surface area contributed by atoms with Crippen molar-refractivity contribution in [2.24, 2.45) is 0 Å². The van der Waals surface area contributed by atoms with Crippen molar-refractivity contribution in [2.45, 2.75) is 0 Å². The van der Waals surface area contributed by atoms with E-state index in [1.165, 1.54) is 0 Å². The van der Waals surface area contributed by atoms with E-state index < -0.39 is 13.7 Å². The van der Waals surface area contributed by atoms with E-state index in [4.69, 9.17) is 0 Å². The van der Waals surface area contributed by atoms with Crippen LogP contribution in [0.2, 0.25) is 0 Å². The van der Waals surface area contributed by atoms with Gasteiger partial charge in [0, 0.05) is 0 Å². The first-order chi connectivity index (χ1) is 5.20. The molecule has 0 fully saturated rings. The minimum absolute atomic E-state index is 0.328. The van der Waals surface area contributed by atoms with Gasteiger partial charge in [-0.2, -0.15) is 0 Å². The summed E-state index contributed by atoms with van der Waals surface area (Å²) in [5.74, 6) is -0.656. The van der Waals surface area contributed by atoms with E-state index >= 15 is 0 Å². The van der Waals surface area contributed by atoms with Gasteiger partial charge in [0.2, 0.25) is 13.7 Å². The summed E-state index contributed by atoms with van der Waals surface area (Å²) < 4.78 is 35.4. The fourth-order valence-corrected chi connectivity index (χ4v) is 0.308. The second-order valence-electron chi connectivity index (χ2n) is 1.35. The highest BCUT2D eigenvalue weighted by atomic mass is 19.1. The first kappa shape index (κ1) is 9.74. The van der Waals surface area contributed by atoms with E-state index in [9.17, 15) is 8.78 Å². The smallest absolute Gasteiger partial charge is 0.281 e. The van der Waals surface area contributed by atoms with E-state index in [1.807, 2.05) is 0 Å². The summed E-state index contributed by atoms with van der Waals surface area (Å²) in [5, 5.41) is 0. The molecular weight excluding hydrogens is 158 g/mol. The van der Waals surface area contributed by atoms with E-state index in [2.05, 4.69) is 27.4 Å². The van der Waals surface area contributed by atoms with Gasteiger partial charge in [0.15, 0.2) is 0 Å². The van der Waals surface area contributed by atoms with Gasteiger partial charge >= 0.3 is 0 Å². The molecule has 0 saturated carbocycles. The van der Waals surface area contributed by atoms with Crippen LogP contribution in [0.4, 0.5) is 8.78 Å². The minimum Gasteiger partial charge on any atom is -0.434 e. The molecule has 0 bridgehead atoms. The molecular formula is C6H8F2O3. The van der Waals surface area contributed by atoms with Crippen LogP contribution in [0, 0.1) is 0 Å². The van der Waals surface area contributed by atoms with Crippen LogP contribution in [0.25, 0.3) is 0 Å². The second-order valence-corrected chi connectivity index (χ2v) is 1.35. The lowest BCUT2D eigenvalue weighted by atomic mass is 10.9. The molecule has 0 aromatic rings. The number of halogens is 2. The maximum atomic E-state index is 11.4. The van der Waals surface area contributed by atoms with Gasteiger partial charge in [-0.25, -0.2) is 8.78 Å². The molecule has 3 nitrogen and oxygen atoms in total. The van der Waals surface area contributed by atoms with Crippen LogP contribution in [0.15, 0.2) is 25.0 Å². The third kappa shape index (κ3) is 5.20. The summed E-state index contributed by atoms with van der Waals surface area (Å²) in [5.41, 5.74) is 0. The molecule has 0 radical (unpaired) electrons. The molecule has 0 aromatic heterocycles. The molecule has 0 atom stereocenters. The molecule has 11 heavy (non-hydrogen) atoms. The average molecular weight is 166 g/mol. The van der Waals surface area contributed by atoms with Crippen LogP contribution < -0.4 is 0 Å². The van der Waals surface area contributed by atoms with Gasteiger partial charge in [0.05, 0.1) is 0 Å². The van der Waals surface area contributed by atoms with Crippen LogP contribution in [-0.2, 0) is 14.2 Å². The van der Waals surface area contributed by atoms with Crippen LogP contribution in [-0.4, -0.2) is 13.7 Å². The molecule has 0 unspecified atom stereocenters. The van der Waals surface area contributed by atoms with Crippen LogP contribution >= 0.6 is 0 Å². The normalized spacial score (nSPS) is 8.55. The molecule has 0 rings (SSSR count). The standard InChI is InChI=1S/C6H8F2O3/c1-5(9-3-7)11-6(2)10-4-8/h1-4H2. The Bertz CT molecular complexity index is 131. The molecule has 0 aliphatic carbocycles. The van der Waals surface area contributed by atoms with Crippen molar-refractivity contribution in [3.8, 4) is 0 Å². The molecule has 0 N–H and O–H groups in total. The maximum absolute atomic E-state index is 11.4. The zero-order valence-electron chi connectivity index (χ0n) is 5.81. The molecule has 0 aliphatic heterocycles. The minimum atomic E-state index is -1.07. The summed E-state index contributed by atoms with van der Waals surface area (Å²) >= 11 is 0. The monoisotopic (exact) mass is 166 g/mol. The average Bonchev–Trinajstić information content (AvgIpc) is 1.87. The lowest BCUT2D eigenvalue weighted by molar-refractivity contribution is -0.0414. The summed E-state index contributed by atoms with van der Waals surface area (Å²) in [6.07, 6.45) is 0. The molecule has 0 saturated heterocycles. The predicted molar refractivity (Wildman–Crippen MR) is 33.5 cm³/mol. The number of hydrogen-bond donors (Lipinski definition) is 0. The van der Waals surface area contributed by atoms with Gasteiger partial charge in [-0.1, -0.05) is 0 Å². The summed E-state index contributed by atoms with van der Waals surface area (Å²) in [6, 6.07) is 0. The zero-order valence-corrected chi connectivity index (χ0v) is 5.81. The Morgan fingerprint density at radius 2 is 1.36 bits per heavy atom. The van der Waals surface area contributed by atoms with Crippen LogP contribution in [0.3, 0.4) is 0 Å². The third-order valence-corrected chi connectivity index (χ3v) is 0.659. The zero-order chi connectivity index (χ0) is 8.69. The molecule has 0 aromatic carbocycles. The largest absolute Gasteiger partial charge is 0.434 e. The van der Waals surface area contributed by atoms with Gasteiger partial charge in [-0.15, -0.1) is 0 Å². The Hall–Kier alpha value is -1.26. The van der Waals surface area contributed by atoms with E-state index in [-0.39, 0.29) is 11.9 Å². The molecule has 64 valence electrons. The Morgan fingerprint density at radius 1 is 1.00 bits per heavy atom. The van der Waals surface area contributed by atoms with Crippen molar-refractivity contribution in [3.63, 3.8) is 0 Å². The molecule has 5 heteroatoms. The highest BCUT2D eigenvalue weighted by molar-refractivity contribution is 4.78. The lowest BCUT2D eigenvalue weighted by Crippen LogP contribution is -1.98. The quantitative estimate of drug-likeness (QED) is 0.563. The van der Waals surface area contributed by atoms with Crippen molar-refractivity contribution in [1.29, 1.82) is 0 Å². The van der Waals surface area contributed by atoms with Gasteiger partial charge in [0.1, 0.15) is 0 Å². The Labute approximate surface area is 62.9 Å². The van der Waals surface area contributed by atoms with Crippen molar-refractivity contribution in [1.82, 2.24) is 0 Å². The van der Waals surface area contributed by atoms with E-state index in [0.717, 1.165) is 0 Å². The summed E-state index contributed by atoms with van der Waals surface area (Å²) in [7, 11) is 0. The number of ether oxygens (including phenoxy) is 3. The Morgan fingerprint density at radius 3 is 1.64 bits per heavy atom. The maximum Gasteiger partial charge on any atom is 0.281 e. The molecule has 0 heterocycles. The fourth-order valence-electron chi connectivity index (χ4n) is 0.308. The van der Waals surface area contributed by atoms with Crippen molar-refractivity contribution < 1.29 is 23.0 Å². The topological polar surface area (TPSA) is 27.7 Å². The first-order valence-electron chi connectivity index (χ1n) is 2.64. The van der Waals surface area contributed by atoms with Gasteiger partial charge in [-0.05, 0) is 13.2 Å². The van der Waals surface area contributed by atoms with Crippen LogP contribution in [0.1, 0.15) is 0 Å². The van der Waals surface area contributed by atoms with Gasteiger partial charge in [0.25, 0.3) is 11.9 Å². The molecule has 0 amide bonds. The number of rotatable bonds is 6. The molecule has 0 spiro atoms. The first-order valence-corrected chi connectivity index (χ1v) is 2.64. The van der Waals surface area contributed by atoms with Crippen molar-refractivity contribution >= 4 is 0 Å². The highest BCUT2D eigenvalue weighted by Crippen LogP contribution is 2.05. The van der Waals surface area contributed by atoms with Crippen molar-refractivity contribution in [3.05, 3.63) is 25.0 Å². The SMILES string of the molecule is C=C(OCF)OC(=C)OCF. The third-order valence-electron chi connectivity index (χ3n) is 0.659. The van der Waals surface area contributed by atoms with E-state index in [0.29, 0.717) is 0 Å². The Kier molecular flexibility index (Phi) is 4.89. The number of hydrogen-bond acceptors (Lipinski definition) is 3. The lowest BCUT2D eigenvalue weighted by Gasteiger charge is -2.08. The summed E-state index contributed by atoms with van der Waals surface area (Å²) in [6.45, 7) is 4.10.